The minimum atomic E-state index is -4.86. The lowest BCUT2D eigenvalue weighted by molar-refractivity contribution is -0.667. The molecular weight excluding hydrogens is 501 g/mol. The monoisotopic (exact) mass is 523 g/mol. The molecule has 2 heterocycles. The first-order valence-electron chi connectivity index (χ1n) is 11.1. The van der Waals surface area contributed by atoms with Crippen molar-refractivity contribution >= 4 is 22.8 Å². The quantitative estimate of drug-likeness (QED) is 0.345. The van der Waals surface area contributed by atoms with Crippen LogP contribution >= 0.6 is 11.6 Å². The van der Waals surface area contributed by atoms with Crippen LogP contribution in [0.2, 0.25) is 5.02 Å². The molecule has 12 heteroatoms. The zero-order valence-electron chi connectivity index (χ0n) is 19.4. The van der Waals surface area contributed by atoms with E-state index in [0.29, 0.717) is 11.4 Å². The van der Waals surface area contributed by atoms with Gasteiger partial charge in [0, 0.05) is 24.7 Å². The smallest absolute Gasteiger partial charge is 0.406 e. The average Bonchev–Trinajstić information content (AvgIpc) is 3.16. The van der Waals surface area contributed by atoms with Crippen LogP contribution in [0.5, 0.6) is 17.5 Å². The molecule has 2 aromatic heterocycles. The molecule has 0 radical (unpaired) electrons. The summed E-state index contributed by atoms with van der Waals surface area (Å²) in [5.41, 5.74) is 0.173. The third kappa shape index (κ3) is 5.40. The van der Waals surface area contributed by atoms with Crippen molar-refractivity contribution in [3.05, 3.63) is 80.0 Å². The van der Waals surface area contributed by atoms with Gasteiger partial charge in [-0.25, -0.2) is 4.79 Å². The number of benzene rings is 2. The number of alkyl halides is 3. The maximum atomic E-state index is 13.4. The second-order valence-corrected chi connectivity index (χ2v) is 8.55. The van der Waals surface area contributed by atoms with E-state index in [4.69, 9.17) is 16.3 Å². The number of fused-ring (bicyclic) bond motifs is 1. The largest absolute Gasteiger partial charge is 0.573 e. The van der Waals surface area contributed by atoms with Gasteiger partial charge in [-0.3, -0.25) is 13.9 Å². The van der Waals surface area contributed by atoms with Crippen LogP contribution in [0.3, 0.4) is 0 Å². The van der Waals surface area contributed by atoms with Gasteiger partial charge in [0.05, 0.1) is 0 Å². The molecule has 0 atom stereocenters. The van der Waals surface area contributed by atoms with Crippen molar-refractivity contribution in [2.45, 2.75) is 39.2 Å². The predicted octanol–water partition coefficient (Wildman–Crippen LogP) is 4.51. The van der Waals surface area contributed by atoms with Crippen molar-refractivity contribution < 1.29 is 27.2 Å². The van der Waals surface area contributed by atoms with Gasteiger partial charge in [0.25, 0.3) is 11.2 Å². The number of rotatable bonds is 8. The molecule has 0 spiro atoms. The second kappa shape index (κ2) is 10.1. The second-order valence-electron chi connectivity index (χ2n) is 8.12. The molecular formula is C24H23ClF3N4O4+. The van der Waals surface area contributed by atoms with Crippen LogP contribution in [0.1, 0.15) is 25.3 Å². The van der Waals surface area contributed by atoms with E-state index in [1.54, 1.807) is 28.8 Å². The predicted molar refractivity (Wildman–Crippen MR) is 127 cm³/mol. The molecule has 8 nitrogen and oxygen atoms in total. The molecule has 0 saturated carbocycles. The highest BCUT2D eigenvalue weighted by Gasteiger charge is 2.32. The van der Waals surface area contributed by atoms with Crippen molar-refractivity contribution in [2.24, 2.45) is 7.05 Å². The Morgan fingerprint density at radius 2 is 1.78 bits per heavy atom. The Morgan fingerprint density at radius 1 is 1.08 bits per heavy atom. The molecule has 2 aromatic carbocycles. The summed E-state index contributed by atoms with van der Waals surface area (Å²) in [6, 6.07) is 12.0. The number of aromatic amines is 1. The SMILES string of the molecule is CCCCn1c(=O)c2c([nH]c(Oc3cccc(OC(F)(F)F)c3)[n+]2Cc2ccc(Cl)cc2)n(C)c1=O. The number of halogens is 4. The van der Waals surface area contributed by atoms with Crippen LogP contribution in [-0.4, -0.2) is 20.5 Å². The Morgan fingerprint density at radius 3 is 2.44 bits per heavy atom. The van der Waals surface area contributed by atoms with Crippen molar-refractivity contribution in [3.8, 4) is 17.5 Å². The van der Waals surface area contributed by atoms with Crippen LogP contribution in [0.25, 0.3) is 11.2 Å². The summed E-state index contributed by atoms with van der Waals surface area (Å²) >= 11 is 6.00. The minimum Gasteiger partial charge on any atom is -0.406 e. The standard InChI is InChI=1S/C24H22ClF3N4O4/c1-3-4-12-31-21(33)19-20(30(2)23(31)34)29-22(32(19)14-15-8-10-16(25)11-9-15)35-17-6-5-7-18(13-17)36-24(26,27)28/h5-11,13H,3-4,12,14H2,1-2H3/p+1. The van der Waals surface area contributed by atoms with Gasteiger partial charge in [-0.15, -0.1) is 13.2 Å². The first-order chi connectivity index (χ1) is 17.1. The van der Waals surface area contributed by atoms with Crippen molar-refractivity contribution in [1.29, 1.82) is 0 Å². The Balaban J connectivity index is 1.87. The molecule has 0 saturated heterocycles. The summed E-state index contributed by atoms with van der Waals surface area (Å²) in [4.78, 5) is 29.3. The minimum absolute atomic E-state index is 0.0319. The normalized spacial score (nSPS) is 11.7. The number of nitrogens with zero attached hydrogens (tertiary/aromatic N) is 3. The fourth-order valence-electron chi connectivity index (χ4n) is 3.77. The van der Waals surface area contributed by atoms with E-state index in [1.807, 2.05) is 6.92 Å². The molecule has 0 unspecified atom stereocenters. The zero-order chi connectivity index (χ0) is 26.0. The first-order valence-corrected chi connectivity index (χ1v) is 11.5. The molecule has 4 rings (SSSR count). The first kappa shape index (κ1) is 25.4. The number of hydrogen-bond donors (Lipinski definition) is 1. The molecule has 0 amide bonds. The number of unbranched alkanes of at least 4 members (excludes halogenated alkanes) is 1. The van der Waals surface area contributed by atoms with Crippen LogP contribution in [0.15, 0.2) is 58.1 Å². The lowest BCUT2D eigenvalue weighted by Gasteiger charge is -2.10. The Kier molecular flexibility index (Phi) is 7.11. The van der Waals surface area contributed by atoms with Gasteiger partial charge in [-0.2, -0.15) is 9.55 Å². The van der Waals surface area contributed by atoms with Gasteiger partial charge in [-0.1, -0.05) is 43.1 Å². The van der Waals surface area contributed by atoms with Crippen molar-refractivity contribution in [3.63, 3.8) is 0 Å². The summed E-state index contributed by atoms with van der Waals surface area (Å²) in [7, 11) is 1.53. The molecule has 0 aliphatic heterocycles. The van der Waals surface area contributed by atoms with Gasteiger partial charge in [0.1, 0.15) is 18.0 Å². The maximum Gasteiger partial charge on any atom is 0.573 e. The fraction of sp³-hybridized carbons (Fsp3) is 0.292. The number of hydrogen-bond acceptors (Lipinski definition) is 4. The van der Waals surface area contributed by atoms with E-state index in [-0.39, 0.29) is 36.0 Å². The van der Waals surface area contributed by atoms with Gasteiger partial charge >= 0.3 is 23.6 Å². The van der Waals surface area contributed by atoms with Crippen LogP contribution in [0.4, 0.5) is 13.2 Å². The molecule has 0 aliphatic rings. The summed E-state index contributed by atoms with van der Waals surface area (Å²) in [6.07, 6.45) is -3.44. The van der Waals surface area contributed by atoms with Crippen LogP contribution in [-0.2, 0) is 20.1 Å². The number of nitrogens with one attached hydrogen (secondary N) is 1. The lowest BCUT2D eigenvalue weighted by atomic mass is 10.2. The number of imidazole rings is 1. The summed E-state index contributed by atoms with van der Waals surface area (Å²) in [5, 5.41) is 0.532. The number of ether oxygens (including phenoxy) is 2. The number of aromatic nitrogens is 4. The molecule has 190 valence electrons. The van der Waals surface area contributed by atoms with Crippen molar-refractivity contribution in [1.82, 2.24) is 14.1 Å². The van der Waals surface area contributed by atoms with E-state index in [1.165, 1.54) is 28.3 Å². The highest BCUT2D eigenvalue weighted by Crippen LogP contribution is 2.28. The molecule has 0 fully saturated rings. The highest BCUT2D eigenvalue weighted by atomic mass is 35.5. The number of H-pyrrole nitrogens is 1. The van der Waals surface area contributed by atoms with Gasteiger partial charge in [-0.05, 0) is 36.2 Å². The lowest BCUT2D eigenvalue weighted by Crippen LogP contribution is -2.45. The Labute approximate surface area is 208 Å². The maximum absolute atomic E-state index is 13.4. The third-order valence-corrected chi connectivity index (χ3v) is 5.76. The van der Waals surface area contributed by atoms with Crippen molar-refractivity contribution in [2.75, 3.05) is 0 Å². The fourth-order valence-corrected chi connectivity index (χ4v) is 3.90. The summed E-state index contributed by atoms with van der Waals surface area (Å²) < 4.78 is 51.9. The summed E-state index contributed by atoms with van der Waals surface area (Å²) in [5.74, 6) is -0.431. The van der Waals surface area contributed by atoms with Crippen LogP contribution in [0, 0.1) is 0 Å². The van der Waals surface area contributed by atoms with E-state index in [2.05, 4.69) is 9.72 Å². The highest BCUT2D eigenvalue weighted by molar-refractivity contribution is 6.30. The molecule has 0 aliphatic carbocycles. The Bertz CT molecular complexity index is 1510. The van der Waals surface area contributed by atoms with Gasteiger partial charge in [0.2, 0.25) is 0 Å². The molecule has 1 N–H and O–H groups in total. The van der Waals surface area contributed by atoms with E-state index < -0.39 is 23.4 Å². The Hall–Kier alpha value is -3.73. The number of aryl methyl sites for hydroxylation is 1. The molecule has 4 aromatic rings. The van der Waals surface area contributed by atoms with E-state index >= 15 is 0 Å². The molecule has 36 heavy (non-hydrogen) atoms. The summed E-state index contributed by atoms with van der Waals surface area (Å²) in [6.45, 7) is 2.36. The molecule has 0 bridgehead atoms. The van der Waals surface area contributed by atoms with Crippen LogP contribution < -0.4 is 25.3 Å². The van der Waals surface area contributed by atoms with Gasteiger partial charge < -0.3 is 9.47 Å². The van der Waals surface area contributed by atoms with E-state index in [0.717, 1.165) is 24.1 Å². The van der Waals surface area contributed by atoms with E-state index in [9.17, 15) is 22.8 Å². The third-order valence-electron chi connectivity index (χ3n) is 5.51. The average molecular weight is 524 g/mol. The van der Waals surface area contributed by atoms with Gasteiger partial charge in [0.15, 0.2) is 0 Å². The zero-order valence-corrected chi connectivity index (χ0v) is 20.2. The topological polar surface area (TPSA) is 82.1 Å².